The van der Waals surface area contributed by atoms with Crippen molar-refractivity contribution in [1.82, 2.24) is 14.7 Å². The van der Waals surface area contributed by atoms with Gasteiger partial charge in [0.1, 0.15) is 16.7 Å². The maximum Gasteiger partial charge on any atom is 0.266 e. The van der Waals surface area contributed by atoms with E-state index in [1.165, 1.54) is 16.7 Å². The fourth-order valence-corrected chi connectivity index (χ4v) is 7.30. The largest absolute Gasteiger partial charge is 0.490 e. The maximum atomic E-state index is 13.3. The number of sulfone groups is 1. The maximum absolute atomic E-state index is 13.3. The van der Waals surface area contributed by atoms with Gasteiger partial charge in [-0.15, -0.1) is 0 Å². The van der Waals surface area contributed by atoms with Gasteiger partial charge >= 0.3 is 0 Å². The minimum Gasteiger partial charge on any atom is -0.490 e. The molecule has 184 valence electrons. The molecular formula is C26H23N3O4S3. The van der Waals surface area contributed by atoms with Crippen LogP contribution in [-0.4, -0.2) is 57.5 Å². The normalized spacial score (nSPS) is 20.3. The number of hydrogen-bond donors (Lipinski definition) is 0. The molecule has 0 bridgehead atoms. The molecule has 1 amide bonds. The first-order valence-electron chi connectivity index (χ1n) is 11.3. The lowest BCUT2D eigenvalue weighted by Gasteiger charge is -2.20. The first-order valence-corrected chi connectivity index (χ1v) is 14.4. The number of benzene rings is 2. The molecule has 3 aromatic rings. The van der Waals surface area contributed by atoms with Crippen molar-refractivity contribution in [3.63, 3.8) is 0 Å². The standard InChI is InChI=1S/C26H23N3O4S3/c1-2-13-33-22-10-8-18(9-11-22)24-19(16-28(27-24)20-6-4-3-5-7-20)15-23-25(30)29(26(34)35-23)21-12-14-36(31,32)17-21/h2-11,15-16,21H,1,12-14,17H2/b23-15-. The molecule has 0 aliphatic carbocycles. The molecule has 2 saturated heterocycles. The summed E-state index contributed by atoms with van der Waals surface area (Å²) < 4.78 is 31.7. The average molecular weight is 538 g/mol. The van der Waals surface area contributed by atoms with E-state index < -0.39 is 15.9 Å². The molecule has 2 aromatic carbocycles. The Kier molecular flexibility index (Phi) is 6.83. The minimum absolute atomic E-state index is 0.0514. The van der Waals surface area contributed by atoms with E-state index in [4.69, 9.17) is 22.1 Å². The van der Waals surface area contributed by atoms with Crippen LogP contribution in [0.2, 0.25) is 0 Å². The summed E-state index contributed by atoms with van der Waals surface area (Å²) >= 11 is 6.66. The van der Waals surface area contributed by atoms with Gasteiger partial charge in [-0.1, -0.05) is 54.8 Å². The zero-order valence-electron chi connectivity index (χ0n) is 19.2. The fraction of sp³-hybridized carbons (Fsp3) is 0.192. The van der Waals surface area contributed by atoms with Gasteiger partial charge in [-0.05, 0) is 48.9 Å². The molecule has 2 aliphatic rings. The van der Waals surface area contributed by atoms with Gasteiger partial charge in [0.15, 0.2) is 9.84 Å². The lowest BCUT2D eigenvalue weighted by Crippen LogP contribution is -2.39. The molecule has 10 heteroatoms. The Hall–Kier alpha value is -3.21. The van der Waals surface area contributed by atoms with Crippen molar-refractivity contribution in [3.8, 4) is 22.7 Å². The molecular weight excluding hydrogens is 515 g/mol. The Labute approximate surface area is 219 Å². The number of hydrogen-bond acceptors (Lipinski definition) is 7. The number of rotatable bonds is 7. The molecule has 0 radical (unpaired) electrons. The summed E-state index contributed by atoms with van der Waals surface area (Å²) in [5.41, 5.74) is 3.19. The second kappa shape index (κ2) is 10.0. The highest BCUT2D eigenvalue weighted by molar-refractivity contribution is 8.26. The van der Waals surface area contributed by atoms with Gasteiger partial charge in [0.2, 0.25) is 0 Å². The van der Waals surface area contributed by atoms with Crippen molar-refractivity contribution in [2.24, 2.45) is 0 Å². The number of carbonyl (C=O) groups excluding carboxylic acids is 1. The first kappa shape index (κ1) is 24.5. The van der Waals surface area contributed by atoms with Crippen molar-refractivity contribution in [3.05, 3.63) is 83.9 Å². The topological polar surface area (TPSA) is 81.5 Å². The van der Waals surface area contributed by atoms with Gasteiger partial charge in [0, 0.05) is 17.3 Å². The Morgan fingerprint density at radius 2 is 1.92 bits per heavy atom. The van der Waals surface area contributed by atoms with Crippen LogP contribution >= 0.6 is 24.0 Å². The lowest BCUT2D eigenvalue weighted by molar-refractivity contribution is -0.123. The number of thiocarbonyl (C=S) groups is 1. The predicted octanol–water partition coefficient (Wildman–Crippen LogP) is 4.49. The van der Waals surface area contributed by atoms with E-state index in [1.54, 1.807) is 16.8 Å². The van der Waals surface area contributed by atoms with Gasteiger partial charge in [0.25, 0.3) is 5.91 Å². The number of aromatic nitrogens is 2. The Morgan fingerprint density at radius 1 is 1.17 bits per heavy atom. The van der Waals surface area contributed by atoms with Crippen LogP contribution in [-0.2, 0) is 14.6 Å². The molecule has 1 unspecified atom stereocenters. The van der Waals surface area contributed by atoms with Crippen LogP contribution in [0.3, 0.4) is 0 Å². The van der Waals surface area contributed by atoms with E-state index in [-0.39, 0.29) is 17.4 Å². The second-order valence-electron chi connectivity index (χ2n) is 8.45. The lowest BCUT2D eigenvalue weighted by atomic mass is 10.1. The molecule has 2 aliphatic heterocycles. The predicted molar refractivity (Wildman–Crippen MR) is 147 cm³/mol. The Balaban J connectivity index is 1.51. The van der Waals surface area contributed by atoms with Crippen molar-refractivity contribution in [2.45, 2.75) is 12.5 Å². The van der Waals surface area contributed by atoms with Crippen LogP contribution in [0.15, 0.2) is 78.4 Å². The van der Waals surface area contributed by atoms with E-state index >= 15 is 0 Å². The summed E-state index contributed by atoms with van der Waals surface area (Å²) in [5, 5.41) is 4.81. The molecule has 36 heavy (non-hydrogen) atoms. The minimum atomic E-state index is -3.15. The highest BCUT2D eigenvalue weighted by atomic mass is 32.2. The summed E-state index contributed by atoms with van der Waals surface area (Å²) in [7, 11) is -3.15. The van der Waals surface area contributed by atoms with Gasteiger partial charge in [0.05, 0.1) is 33.8 Å². The zero-order chi connectivity index (χ0) is 25.3. The Bertz CT molecular complexity index is 1460. The van der Waals surface area contributed by atoms with E-state index in [2.05, 4.69) is 6.58 Å². The smallest absolute Gasteiger partial charge is 0.266 e. The third-order valence-corrected chi connectivity index (χ3v) is 9.02. The van der Waals surface area contributed by atoms with Crippen LogP contribution in [0.4, 0.5) is 0 Å². The van der Waals surface area contributed by atoms with Crippen LogP contribution < -0.4 is 4.74 Å². The van der Waals surface area contributed by atoms with Crippen LogP contribution in [0, 0.1) is 0 Å². The summed E-state index contributed by atoms with van der Waals surface area (Å²) in [6, 6.07) is 16.9. The molecule has 7 nitrogen and oxygen atoms in total. The monoisotopic (exact) mass is 537 g/mol. The third kappa shape index (κ3) is 5.02. The average Bonchev–Trinajstić information content (AvgIpc) is 3.53. The van der Waals surface area contributed by atoms with E-state index in [0.717, 1.165) is 22.6 Å². The molecule has 3 heterocycles. The summed E-state index contributed by atoms with van der Waals surface area (Å²) in [6.07, 6.45) is 5.75. The highest BCUT2D eigenvalue weighted by Gasteiger charge is 2.42. The second-order valence-corrected chi connectivity index (χ2v) is 12.4. The first-order chi connectivity index (χ1) is 17.3. The van der Waals surface area contributed by atoms with E-state index in [9.17, 15) is 13.2 Å². The van der Waals surface area contributed by atoms with Gasteiger partial charge < -0.3 is 4.74 Å². The van der Waals surface area contributed by atoms with E-state index in [1.807, 2.05) is 60.8 Å². The van der Waals surface area contributed by atoms with Crippen molar-refractivity contribution >= 4 is 50.1 Å². The quantitative estimate of drug-likeness (QED) is 0.250. The summed E-state index contributed by atoms with van der Waals surface area (Å²) in [6.45, 7) is 4.08. The molecule has 0 spiro atoms. The van der Waals surface area contributed by atoms with Gasteiger partial charge in [-0.2, -0.15) is 5.10 Å². The number of amides is 1. The fourth-order valence-electron chi connectivity index (χ4n) is 4.21. The van der Waals surface area contributed by atoms with Gasteiger partial charge in [-0.3, -0.25) is 9.69 Å². The number of ether oxygens (including phenoxy) is 1. The van der Waals surface area contributed by atoms with Crippen molar-refractivity contribution in [2.75, 3.05) is 18.1 Å². The van der Waals surface area contributed by atoms with Crippen molar-refractivity contribution in [1.29, 1.82) is 0 Å². The number of thioether (sulfide) groups is 1. The third-order valence-electron chi connectivity index (χ3n) is 5.94. The van der Waals surface area contributed by atoms with Crippen LogP contribution in [0.25, 0.3) is 23.0 Å². The molecule has 1 atom stereocenters. The van der Waals surface area contributed by atoms with Crippen LogP contribution in [0.1, 0.15) is 12.0 Å². The highest BCUT2D eigenvalue weighted by Crippen LogP contribution is 2.38. The molecule has 1 aromatic heterocycles. The summed E-state index contributed by atoms with van der Waals surface area (Å²) in [5.74, 6) is 0.479. The van der Waals surface area contributed by atoms with Crippen LogP contribution in [0.5, 0.6) is 5.75 Å². The SMILES string of the molecule is C=CCOc1ccc(-c2nn(-c3ccccc3)cc2/C=C2\SC(=S)N(C3CCS(=O)(=O)C3)C2=O)cc1. The van der Waals surface area contributed by atoms with E-state index in [0.29, 0.717) is 27.9 Å². The summed E-state index contributed by atoms with van der Waals surface area (Å²) in [4.78, 5) is 15.2. The van der Waals surface area contributed by atoms with Crippen molar-refractivity contribution < 1.29 is 17.9 Å². The Morgan fingerprint density at radius 3 is 2.58 bits per heavy atom. The molecule has 2 fully saturated rings. The molecule has 5 rings (SSSR count). The molecule has 0 saturated carbocycles. The number of carbonyl (C=O) groups is 1. The molecule has 0 N–H and O–H groups in total. The van der Waals surface area contributed by atoms with Gasteiger partial charge in [-0.25, -0.2) is 13.1 Å². The number of para-hydroxylation sites is 1. The number of nitrogens with zero attached hydrogens (tertiary/aromatic N) is 3. The zero-order valence-corrected chi connectivity index (χ0v) is 21.7.